The minimum atomic E-state index is -0.345. The molecule has 0 aliphatic carbocycles. The minimum Gasteiger partial charge on any atom is -0.465 e. The van der Waals surface area contributed by atoms with Gasteiger partial charge in [-0.2, -0.15) is 0 Å². The van der Waals surface area contributed by atoms with Crippen molar-refractivity contribution in [1.82, 2.24) is 19.8 Å². The van der Waals surface area contributed by atoms with Gasteiger partial charge in [0.05, 0.1) is 30.5 Å². The molecule has 1 aliphatic rings. The van der Waals surface area contributed by atoms with E-state index in [1.165, 1.54) is 12.7 Å². The lowest BCUT2D eigenvalue weighted by molar-refractivity contribution is 0.0600. The number of likely N-dealkylation sites (N-methyl/N-ethyl adjacent to an activating group) is 1. The molecule has 0 spiro atoms. The second-order valence-electron chi connectivity index (χ2n) is 7.62. The van der Waals surface area contributed by atoms with E-state index in [1.54, 1.807) is 6.07 Å². The van der Waals surface area contributed by atoms with Gasteiger partial charge < -0.3 is 19.5 Å². The summed E-state index contributed by atoms with van der Waals surface area (Å²) in [6.45, 7) is 7.09. The Morgan fingerprint density at radius 2 is 2.00 bits per heavy atom. The molecule has 4 rings (SSSR count). The van der Waals surface area contributed by atoms with Crippen LogP contribution in [0.25, 0.3) is 5.69 Å². The maximum absolute atomic E-state index is 12.0. The number of esters is 1. The van der Waals surface area contributed by atoms with E-state index in [0.29, 0.717) is 5.56 Å². The number of benzene rings is 1. The fourth-order valence-electron chi connectivity index (χ4n) is 4.46. The third kappa shape index (κ3) is 3.70. The fourth-order valence-corrected chi connectivity index (χ4v) is 4.83. The van der Waals surface area contributed by atoms with Gasteiger partial charge in [-0.3, -0.25) is 4.98 Å². The smallest absolute Gasteiger partial charge is 0.337 e. The number of rotatable bonds is 5. The quantitative estimate of drug-likeness (QED) is 0.478. The summed E-state index contributed by atoms with van der Waals surface area (Å²) in [6.07, 6.45) is 1.81. The van der Waals surface area contributed by atoms with Gasteiger partial charge in [0.1, 0.15) is 0 Å². The molecule has 7 heteroatoms. The summed E-state index contributed by atoms with van der Waals surface area (Å²) >= 11 is 5.66. The highest BCUT2D eigenvalue weighted by molar-refractivity contribution is 7.80. The molecular formula is C24H26N4O2S. The van der Waals surface area contributed by atoms with E-state index in [1.807, 2.05) is 42.6 Å². The average Bonchev–Trinajstić information content (AvgIpc) is 3.28. The number of carbonyl (C=O) groups is 1. The number of pyridine rings is 1. The Morgan fingerprint density at radius 3 is 2.68 bits per heavy atom. The molecule has 6 nitrogen and oxygen atoms in total. The maximum Gasteiger partial charge on any atom is 0.337 e. The molecule has 0 radical (unpaired) electrons. The summed E-state index contributed by atoms with van der Waals surface area (Å²) in [4.78, 5) is 18.8. The number of nitrogens with zero attached hydrogens (tertiary/aromatic N) is 3. The number of aromatic nitrogens is 2. The second kappa shape index (κ2) is 8.51. The molecular weight excluding hydrogens is 408 g/mol. The van der Waals surface area contributed by atoms with Crippen LogP contribution in [-0.2, 0) is 4.74 Å². The van der Waals surface area contributed by atoms with Crippen LogP contribution in [0, 0.1) is 13.8 Å². The molecule has 1 fully saturated rings. The van der Waals surface area contributed by atoms with Gasteiger partial charge in [0.25, 0.3) is 0 Å². The predicted molar refractivity (Wildman–Crippen MR) is 124 cm³/mol. The zero-order chi connectivity index (χ0) is 22.1. The van der Waals surface area contributed by atoms with Gasteiger partial charge in [0, 0.05) is 29.8 Å². The summed E-state index contributed by atoms with van der Waals surface area (Å²) in [5.74, 6) is -0.345. The van der Waals surface area contributed by atoms with Gasteiger partial charge >= 0.3 is 5.97 Å². The van der Waals surface area contributed by atoms with Crippen molar-refractivity contribution < 1.29 is 9.53 Å². The number of carbonyl (C=O) groups excluding carboxylic acids is 1. The van der Waals surface area contributed by atoms with Crippen molar-refractivity contribution in [3.05, 3.63) is 82.9 Å². The minimum absolute atomic E-state index is 0.0242. The first-order valence-electron chi connectivity index (χ1n) is 10.3. The van der Waals surface area contributed by atoms with E-state index in [-0.39, 0.29) is 18.1 Å². The Hall–Kier alpha value is -3.19. The van der Waals surface area contributed by atoms with Crippen LogP contribution >= 0.6 is 12.2 Å². The number of hydrogen-bond donors (Lipinski definition) is 1. The van der Waals surface area contributed by atoms with Crippen molar-refractivity contribution >= 4 is 23.3 Å². The SMILES string of the molecule is CCN1C(=S)N[C@H](c2ccccn2)[C@H]1c1cc(C)n(-c2cccc(C(=O)OC)c2)c1C. The van der Waals surface area contributed by atoms with Crippen LogP contribution < -0.4 is 5.32 Å². The van der Waals surface area contributed by atoms with Crippen molar-refractivity contribution in [3.8, 4) is 5.69 Å². The topological polar surface area (TPSA) is 59.4 Å². The van der Waals surface area contributed by atoms with Crippen molar-refractivity contribution in [2.45, 2.75) is 32.9 Å². The molecule has 2 aromatic heterocycles. The third-order valence-corrected chi connectivity index (χ3v) is 6.21. The maximum atomic E-state index is 12.0. The second-order valence-corrected chi connectivity index (χ2v) is 8.00. The van der Waals surface area contributed by atoms with E-state index >= 15 is 0 Å². The van der Waals surface area contributed by atoms with E-state index in [4.69, 9.17) is 17.0 Å². The van der Waals surface area contributed by atoms with Crippen LogP contribution in [0.15, 0.2) is 54.7 Å². The van der Waals surface area contributed by atoms with E-state index in [0.717, 1.165) is 34.4 Å². The van der Waals surface area contributed by atoms with Crippen molar-refractivity contribution in [2.24, 2.45) is 0 Å². The van der Waals surface area contributed by atoms with Crippen LogP contribution in [-0.4, -0.2) is 39.2 Å². The summed E-state index contributed by atoms with van der Waals surface area (Å²) in [7, 11) is 1.40. The molecule has 1 N–H and O–H groups in total. The van der Waals surface area contributed by atoms with E-state index in [2.05, 4.69) is 46.6 Å². The van der Waals surface area contributed by atoms with Crippen molar-refractivity contribution in [2.75, 3.05) is 13.7 Å². The average molecular weight is 435 g/mol. The molecule has 1 saturated heterocycles. The van der Waals surface area contributed by atoms with Crippen LogP contribution in [0.3, 0.4) is 0 Å². The third-order valence-electron chi connectivity index (χ3n) is 5.85. The lowest BCUT2D eigenvalue weighted by Gasteiger charge is -2.27. The van der Waals surface area contributed by atoms with Crippen LogP contribution in [0.5, 0.6) is 0 Å². The van der Waals surface area contributed by atoms with Crippen LogP contribution in [0.2, 0.25) is 0 Å². The van der Waals surface area contributed by atoms with Crippen molar-refractivity contribution in [1.29, 1.82) is 0 Å². The highest BCUT2D eigenvalue weighted by Gasteiger charge is 2.40. The first-order chi connectivity index (χ1) is 15.0. The van der Waals surface area contributed by atoms with Crippen LogP contribution in [0.4, 0.5) is 0 Å². The summed E-state index contributed by atoms with van der Waals surface area (Å²) in [6, 6.07) is 15.7. The monoisotopic (exact) mass is 434 g/mol. The summed E-state index contributed by atoms with van der Waals surface area (Å²) in [5.41, 5.74) is 5.79. The summed E-state index contributed by atoms with van der Waals surface area (Å²) in [5, 5.41) is 4.21. The van der Waals surface area contributed by atoms with Gasteiger partial charge in [0.15, 0.2) is 5.11 Å². The van der Waals surface area contributed by atoms with E-state index < -0.39 is 0 Å². The lowest BCUT2D eigenvalue weighted by Crippen LogP contribution is -2.29. The Balaban J connectivity index is 1.81. The zero-order valence-electron chi connectivity index (χ0n) is 18.1. The highest BCUT2D eigenvalue weighted by Crippen LogP contribution is 2.41. The van der Waals surface area contributed by atoms with Gasteiger partial charge in [-0.05, 0) is 75.0 Å². The Labute approximate surface area is 187 Å². The molecule has 2 atom stereocenters. The molecule has 1 aliphatic heterocycles. The molecule has 3 heterocycles. The Kier molecular flexibility index (Phi) is 5.78. The zero-order valence-corrected chi connectivity index (χ0v) is 18.9. The number of methoxy groups -OCH3 is 1. The molecule has 1 aromatic carbocycles. The molecule has 0 unspecified atom stereocenters. The molecule has 3 aromatic rings. The number of nitrogens with one attached hydrogen (secondary N) is 1. The fraction of sp³-hybridized carbons (Fsp3) is 0.292. The normalized spacial score (nSPS) is 18.2. The van der Waals surface area contributed by atoms with Gasteiger partial charge in [0.2, 0.25) is 0 Å². The first kappa shape index (κ1) is 21.1. The molecule has 31 heavy (non-hydrogen) atoms. The number of thiocarbonyl (C=S) groups is 1. The Bertz CT molecular complexity index is 1130. The number of hydrogen-bond acceptors (Lipinski definition) is 4. The van der Waals surface area contributed by atoms with E-state index in [9.17, 15) is 4.79 Å². The molecule has 0 bridgehead atoms. The Morgan fingerprint density at radius 1 is 1.19 bits per heavy atom. The molecule has 0 amide bonds. The summed E-state index contributed by atoms with van der Waals surface area (Å²) < 4.78 is 7.07. The lowest BCUT2D eigenvalue weighted by atomic mass is 9.97. The number of aryl methyl sites for hydroxylation is 1. The van der Waals surface area contributed by atoms with Crippen LogP contribution in [0.1, 0.15) is 52.0 Å². The van der Waals surface area contributed by atoms with Gasteiger partial charge in [-0.1, -0.05) is 12.1 Å². The van der Waals surface area contributed by atoms with Gasteiger partial charge in [-0.15, -0.1) is 0 Å². The molecule has 160 valence electrons. The highest BCUT2D eigenvalue weighted by atomic mass is 32.1. The first-order valence-corrected chi connectivity index (χ1v) is 10.7. The molecule has 0 saturated carbocycles. The number of ether oxygens (including phenoxy) is 1. The largest absolute Gasteiger partial charge is 0.465 e. The predicted octanol–water partition coefficient (Wildman–Crippen LogP) is 4.27. The van der Waals surface area contributed by atoms with Crippen molar-refractivity contribution in [3.63, 3.8) is 0 Å². The standard InChI is InChI=1S/C24H26N4O2S/c1-5-27-22(21(26-24(27)31)20-11-6-7-12-25-20)19-13-15(2)28(16(19)3)18-10-8-9-17(14-18)23(29)30-4/h6-14,21-22H,5H2,1-4H3,(H,26,31)/t21-,22-/m1/s1. The van der Waals surface area contributed by atoms with Gasteiger partial charge in [-0.25, -0.2) is 4.79 Å².